The maximum absolute atomic E-state index is 12.2. The van der Waals surface area contributed by atoms with Crippen molar-refractivity contribution in [3.05, 3.63) is 0 Å². The van der Waals surface area contributed by atoms with Crippen LogP contribution in [0.4, 0.5) is 0 Å². The molecule has 830 valence electrons. The van der Waals surface area contributed by atoms with Gasteiger partial charge in [0.25, 0.3) is 0 Å². The number of hydrogen-bond donors (Lipinski definition) is 7. The fraction of sp³-hybridized carbons (Fsp3) is 0.874. The number of alkyl halides is 2. The molecule has 0 aliphatic carbocycles. The third-order valence-corrected chi connectivity index (χ3v) is 22.9. The normalized spacial score (nSPS) is 19.2. The molecule has 7 aliphatic rings. The minimum absolute atomic E-state index is 0. The van der Waals surface area contributed by atoms with E-state index in [1.54, 1.807) is 0 Å². The van der Waals surface area contributed by atoms with Crippen LogP contribution in [0, 0.1) is 5.41 Å². The second-order valence-electron chi connectivity index (χ2n) is 36.7. The van der Waals surface area contributed by atoms with Crippen molar-refractivity contribution in [1.29, 1.82) is 0 Å². The molecule has 0 unspecified atom stereocenters. The number of halogens is 3. The summed E-state index contributed by atoms with van der Waals surface area (Å²) in [6.07, 6.45) is 4.01. The fourth-order valence-corrected chi connectivity index (χ4v) is 15.2. The number of hydrogen-bond acceptors (Lipinski definition) is 40. The van der Waals surface area contributed by atoms with Crippen LogP contribution in [-0.2, 0) is 114 Å². The summed E-state index contributed by atoms with van der Waals surface area (Å²) in [6.45, 7) is 62.0. The molecule has 7 heterocycles. The van der Waals surface area contributed by atoms with Crippen LogP contribution in [-0.4, -0.2) is 578 Å². The van der Waals surface area contributed by atoms with Gasteiger partial charge in [-0.2, -0.15) is 0 Å². The van der Waals surface area contributed by atoms with Crippen molar-refractivity contribution in [3.63, 3.8) is 0 Å². The van der Waals surface area contributed by atoms with Gasteiger partial charge < -0.3 is 98.1 Å². The number of carboxylic acids is 4. The highest BCUT2D eigenvalue weighted by Gasteiger charge is 2.29. The molecule has 0 saturated carbocycles. The lowest BCUT2D eigenvalue weighted by Gasteiger charge is -2.30. The first-order valence-corrected chi connectivity index (χ1v) is 52.2. The van der Waals surface area contributed by atoms with Crippen LogP contribution in [0.1, 0.15) is 115 Å². The van der Waals surface area contributed by atoms with Crippen molar-refractivity contribution >= 4 is 115 Å². The fourth-order valence-electron chi connectivity index (χ4n) is 14.4. The molecule has 7 N–H and O–H groups in total. The lowest BCUT2D eigenvalue weighted by molar-refractivity contribution is -0.158. The zero-order chi connectivity index (χ0) is 105. The van der Waals surface area contributed by atoms with Crippen molar-refractivity contribution < 1.29 is 135 Å². The third kappa shape index (κ3) is 83.8. The van der Waals surface area contributed by atoms with Crippen molar-refractivity contribution in [1.82, 2.24) is 79.6 Å². The highest BCUT2D eigenvalue weighted by Crippen LogP contribution is 2.17. The van der Waals surface area contributed by atoms with E-state index in [4.69, 9.17) is 72.5 Å². The van der Waals surface area contributed by atoms with Gasteiger partial charge in [-0.15, -0.1) is 12.4 Å². The Morgan fingerprint density at radius 1 is 0.352 bits per heavy atom. The van der Waals surface area contributed by atoms with E-state index in [1.807, 2.05) is 61.1 Å². The molecule has 47 heteroatoms. The van der Waals surface area contributed by atoms with E-state index in [-0.39, 0.29) is 99.6 Å². The second kappa shape index (κ2) is 87.7. The van der Waals surface area contributed by atoms with Gasteiger partial charge in [0, 0.05) is 217 Å². The number of ether oxygens (including phenoxy) is 12. The van der Waals surface area contributed by atoms with Crippen LogP contribution in [0.2, 0.25) is 0 Å². The molecule has 7 fully saturated rings. The summed E-state index contributed by atoms with van der Waals surface area (Å²) in [5.41, 5.74) is -0.954. The Hall–Kier alpha value is -5.11. The third-order valence-electron chi connectivity index (χ3n) is 22.3. The molecule has 7 rings (SSSR count). The summed E-state index contributed by atoms with van der Waals surface area (Å²) in [4.78, 5) is 161. The Balaban J connectivity index is 0.00000177. The smallest absolute Gasteiger partial charge is 0.320 e. The van der Waals surface area contributed by atoms with Gasteiger partial charge in [-0.25, -0.2) is 0 Å². The van der Waals surface area contributed by atoms with Crippen LogP contribution in [0.15, 0.2) is 0 Å². The van der Waals surface area contributed by atoms with E-state index in [1.165, 1.54) is 49.5 Å². The molecule has 0 aromatic carbocycles. The number of likely N-dealkylation sites (N-methyl/N-ethyl adjacent to an activating group) is 2. The van der Waals surface area contributed by atoms with E-state index in [2.05, 4.69) is 115 Å². The summed E-state index contributed by atoms with van der Waals surface area (Å²) in [6, 6.07) is 0. The van der Waals surface area contributed by atoms with Gasteiger partial charge in [-0.05, 0) is 93.5 Å². The monoisotopic (exact) mass is 2190 g/mol. The van der Waals surface area contributed by atoms with Gasteiger partial charge >= 0.3 is 47.8 Å². The topological polar surface area (TPSA) is 475 Å². The second-order valence-corrected chi connectivity index (χ2v) is 40.2. The quantitative estimate of drug-likeness (QED) is 0.0151. The summed E-state index contributed by atoms with van der Waals surface area (Å²) in [7, 11) is 0. The lowest BCUT2D eigenvalue weighted by Crippen LogP contribution is -2.46. The number of rotatable bonds is 36. The predicted octanol–water partition coefficient (Wildman–Crippen LogP) is 1.02. The number of piperidine rings is 2. The highest BCUT2D eigenvalue weighted by atomic mass is 79.9. The van der Waals surface area contributed by atoms with Crippen LogP contribution in [0.3, 0.4) is 0 Å². The summed E-state index contributed by atoms with van der Waals surface area (Å²) in [5, 5.41) is 45.6. The van der Waals surface area contributed by atoms with E-state index in [9.17, 15) is 57.5 Å². The molecular formula is C95H181Br2ClN16O28. The number of nitrogens with zero attached hydrogens (tertiary/aromatic N) is 13. The van der Waals surface area contributed by atoms with Gasteiger partial charge in [0.05, 0.1) is 193 Å². The number of esters is 4. The number of aliphatic carboxylic acids is 4. The Kier molecular flexibility index (Phi) is 84.6. The summed E-state index contributed by atoms with van der Waals surface area (Å²) < 4.78 is 66.4. The predicted molar refractivity (Wildman–Crippen MR) is 549 cm³/mol. The van der Waals surface area contributed by atoms with Crippen LogP contribution < -0.4 is 16.0 Å². The van der Waals surface area contributed by atoms with Crippen molar-refractivity contribution in [2.24, 2.45) is 5.41 Å². The SMILES string of the molecule is C1CCNCCOCC1.C1COCCNCCOCCN1.CC(=O)OC(C)=O.CCN(CC)CC(Br)Br.CCN(CCN1CCOCCN(CCN(CC)CC(=O)OC(C)(C)C)CCOCC1)COC(=O)C(C)(C)C.Cl.O=C(O)CN(CCN1CCOCCN(CCN(CC(=O)O)CC(=O)O)CCOCC1)CC(=O)O.O=C1CC(=O)CN(CCN2CCOCCN(CCN3CC(=O)CC(=O)C3)CCOCC2)C1. The van der Waals surface area contributed by atoms with Crippen molar-refractivity contribution in [2.75, 3.05) is 414 Å². The number of ketones is 4. The number of carboxylic acid groups (broad SMARTS) is 4. The van der Waals surface area contributed by atoms with Crippen LogP contribution in [0.5, 0.6) is 0 Å². The van der Waals surface area contributed by atoms with Crippen molar-refractivity contribution in [2.45, 2.75) is 125 Å². The van der Waals surface area contributed by atoms with Gasteiger partial charge in [-0.1, -0.05) is 59.6 Å². The van der Waals surface area contributed by atoms with Crippen LogP contribution in [0.25, 0.3) is 0 Å². The number of Topliss-reactive ketones (excluding diaryl/α,β-unsaturated/α-hetero) is 4. The van der Waals surface area contributed by atoms with E-state index in [0.717, 1.165) is 197 Å². The number of carbonyl (C=O) groups is 12. The Morgan fingerprint density at radius 3 is 0.880 bits per heavy atom. The molecular weight excluding hydrogens is 2010 g/mol. The van der Waals surface area contributed by atoms with E-state index in [0.29, 0.717) is 175 Å². The molecule has 0 spiro atoms. The molecule has 0 aromatic rings. The first-order chi connectivity index (χ1) is 67.3. The largest absolute Gasteiger partial charge is 0.480 e. The maximum Gasteiger partial charge on any atom is 0.320 e. The van der Waals surface area contributed by atoms with Gasteiger partial charge in [0.1, 0.15) is 12.3 Å². The number of likely N-dealkylation sites (tertiary alicyclic amines) is 2. The molecule has 0 atom stereocenters. The van der Waals surface area contributed by atoms with E-state index < -0.39 is 46.8 Å². The van der Waals surface area contributed by atoms with Gasteiger partial charge in [-0.3, -0.25) is 116 Å². The molecule has 0 amide bonds. The lowest BCUT2D eigenvalue weighted by atomic mass is 9.98. The Bertz CT molecular complexity index is 3040. The maximum atomic E-state index is 12.2. The average molecular weight is 2190 g/mol. The molecule has 0 radical (unpaired) electrons. The van der Waals surface area contributed by atoms with Gasteiger partial charge in [0.2, 0.25) is 0 Å². The van der Waals surface area contributed by atoms with Crippen molar-refractivity contribution in [3.8, 4) is 0 Å². The standard InChI is InChI=1S/C28H56N4O6.C22H36N4O6.C20H36N4O10.C8H18N2O2.C7H15NO.C6H13Br2N.C4H6O3.ClH/c1-9-29(23-25(33)38-28(6,7)8)11-13-31-15-19-35-21-17-32(18-22-36-20-16-31)14-12-30(10-2)24-37-26(34)27(3,4)5;27-19-13-20(28)16-25(15-19)3-1-23-5-9-31-11-7-24(8-12-32-10-6-23)2-4-26-17-21(29)14-22(30)18-26;25-17(26)13-23(14-18(27)28)3-1-21-5-9-33-11-7-22(8-12-34-10-6-21)2-4-24(15-19(29)30)16-20(31)32;1-5-11-7-3-10-4-8-12-6-2-9-1;1-2-4-8-5-7-9-6-3-1;1-3-9(4-2)5-6(7)8;1-3(5)7-4(2)6;/h9-24H2,1-8H3;1-18H2;1-16H2,(H,25,26)(H,27,28)(H,29,30)(H,31,32);9-10H,1-8H2;8H,1-7H2;6H,3-5H2,1-2H3;1-2H3;1H. The number of carbonyl (C=O) groups excluding carboxylic acids is 8. The molecule has 44 nitrogen and oxygen atoms in total. The molecule has 7 saturated heterocycles. The Morgan fingerprint density at radius 2 is 0.620 bits per heavy atom. The Labute approximate surface area is 868 Å². The van der Waals surface area contributed by atoms with Crippen LogP contribution >= 0.6 is 44.3 Å². The molecule has 142 heavy (non-hydrogen) atoms. The van der Waals surface area contributed by atoms with E-state index >= 15 is 0 Å². The molecule has 7 aliphatic heterocycles. The first kappa shape index (κ1) is 137. The zero-order valence-corrected chi connectivity index (χ0v) is 91.7. The van der Waals surface area contributed by atoms with Gasteiger partial charge in [0.15, 0.2) is 23.1 Å². The minimum atomic E-state index is -1.08. The first-order valence-electron chi connectivity index (χ1n) is 50.3. The molecule has 0 bridgehead atoms. The zero-order valence-electron chi connectivity index (χ0n) is 87.7. The average Bonchev–Trinajstić information content (AvgIpc) is 0.889. The summed E-state index contributed by atoms with van der Waals surface area (Å²) >= 11 is 6.86. The minimum Gasteiger partial charge on any atom is -0.480 e. The highest BCUT2D eigenvalue weighted by molar-refractivity contribution is 9.24. The molecule has 0 aromatic heterocycles. The summed E-state index contributed by atoms with van der Waals surface area (Å²) in [5.74, 6) is -5.80. The number of nitrogens with one attached hydrogen (secondary N) is 3.